The molecule has 2 aromatic carbocycles. The van der Waals surface area contributed by atoms with Gasteiger partial charge in [-0.05, 0) is 44.0 Å². The van der Waals surface area contributed by atoms with Gasteiger partial charge in [0.1, 0.15) is 11.4 Å². The number of carbonyl (C=O) groups is 2. The number of amides is 1. The second-order valence-corrected chi connectivity index (χ2v) is 8.77. The molecule has 4 rings (SSSR count). The summed E-state index contributed by atoms with van der Waals surface area (Å²) in [6.45, 7) is 6.13. The minimum absolute atomic E-state index is 0.00922. The molecule has 0 radical (unpaired) electrons. The quantitative estimate of drug-likeness (QED) is 0.491. The first-order valence-electron chi connectivity index (χ1n) is 10.2. The Morgan fingerprint density at radius 2 is 1.87 bits per heavy atom. The zero-order chi connectivity index (χ0) is 22.5. The predicted molar refractivity (Wildman–Crippen MR) is 116 cm³/mol. The number of hydrogen-bond acceptors (Lipinski definition) is 5. The number of carbonyl (C=O) groups excluding carboxylic acids is 2. The number of Topliss-reactive ketones (excluding diaryl/α,β-unsaturated/α-hetero) is 1. The van der Waals surface area contributed by atoms with E-state index in [0.29, 0.717) is 53.4 Å². The largest absolute Gasteiger partial charge is 0.486 e. The summed E-state index contributed by atoms with van der Waals surface area (Å²) in [7, 11) is 0. The van der Waals surface area contributed by atoms with Gasteiger partial charge in [-0.25, -0.2) is 0 Å². The minimum atomic E-state index is -0.648. The molecule has 0 aliphatic carbocycles. The molecule has 31 heavy (non-hydrogen) atoms. The molecule has 1 saturated heterocycles. The minimum Gasteiger partial charge on any atom is -0.486 e. The molecule has 0 N–H and O–H groups in total. The van der Waals surface area contributed by atoms with E-state index in [0.717, 1.165) is 11.1 Å². The van der Waals surface area contributed by atoms with E-state index in [4.69, 9.17) is 16.3 Å². The Balaban J connectivity index is 1.54. The van der Waals surface area contributed by atoms with E-state index < -0.39 is 10.5 Å². The summed E-state index contributed by atoms with van der Waals surface area (Å²) in [4.78, 5) is 38.4. The first kappa shape index (κ1) is 21.3. The highest BCUT2D eigenvalue weighted by Gasteiger charge is 2.44. The molecular weight excluding hydrogens is 420 g/mol. The fourth-order valence-electron chi connectivity index (χ4n) is 4.62. The van der Waals surface area contributed by atoms with Crippen LogP contribution in [0, 0.1) is 30.9 Å². The van der Waals surface area contributed by atoms with Crippen LogP contribution in [-0.2, 0) is 0 Å². The third kappa shape index (κ3) is 3.57. The summed E-state index contributed by atoms with van der Waals surface area (Å²) in [5, 5.41) is 11.8. The Morgan fingerprint density at radius 3 is 2.52 bits per heavy atom. The monoisotopic (exact) mass is 442 g/mol. The van der Waals surface area contributed by atoms with Gasteiger partial charge >= 0.3 is 0 Å². The van der Waals surface area contributed by atoms with Gasteiger partial charge in [-0.3, -0.25) is 19.7 Å². The Labute approximate surface area is 185 Å². The number of ether oxygens (including phenoxy) is 1. The number of likely N-dealkylation sites (tertiary alicyclic amines) is 1. The highest BCUT2D eigenvalue weighted by atomic mass is 35.5. The van der Waals surface area contributed by atoms with Crippen molar-refractivity contribution in [3.63, 3.8) is 0 Å². The Bertz CT molecular complexity index is 1120. The number of aryl methyl sites for hydroxylation is 1. The lowest BCUT2D eigenvalue weighted by Crippen LogP contribution is -2.52. The number of hydrogen-bond donors (Lipinski definition) is 0. The van der Waals surface area contributed by atoms with Crippen molar-refractivity contribution < 1.29 is 19.2 Å². The number of nitro groups is 1. The predicted octanol–water partition coefficient (Wildman–Crippen LogP) is 4.81. The summed E-state index contributed by atoms with van der Waals surface area (Å²) >= 11 is 6.32. The van der Waals surface area contributed by atoms with Gasteiger partial charge in [-0.1, -0.05) is 17.7 Å². The van der Waals surface area contributed by atoms with Crippen molar-refractivity contribution in [3.05, 3.63) is 67.2 Å². The highest BCUT2D eigenvalue weighted by molar-refractivity contribution is 6.32. The smallest absolute Gasteiger partial charge is 0.273 e. The lowest BCUT2D eigenvalue weighted by atomic mass is 9.81. The molecule has 7 nitrogen and oxygen atoms in total. The number of nitro benzene ring substituents is 1. The van der Waals surface area contributed by atoms with Gasteiger partial charge in [-0.2, -0.15) is 0 Å². The molecular formula is C23H23ClN2O5. The summed E-state index contributed by atoms with van der Waals surface area (Å²) in [6.07, 6.45) is 1.27. The molecule has 1 amide bonds. The van der Waals surface area contributed by atoms with Gasteiger partial charge < -0.3 is 9.64 Å². The highest BCUT2D eigenvalue weighted by Crippen LogP contribution is 2.43. The van der Waals surface area contributed by atoms with Crippen LogP contribution in [0.25, 0.3) is 0 Å². The van der Waals surface area contributed by atoms with Crippen molar-refractivity contribution in [1.82, 2.24) is 4.90 Å². The van der Waals surface area contributed by atoms with Crippen molar-refractivity contribution in [1.29, 1.82) is 0 Å². The van der Waals surface area contributed by atoms with Crippen LogP contribution in [0.3, 0.4) is 0 Å². The van der Waals surface area contributed by atoms with Gasteiger partial charge in [0.15, 0.2) is 5.78 Å². The number of piperidine rings is 1. The summed E-state index contributed by atoms with van der Waals surface area (Å²) in [5.41, 5.74) is 2.12. The molecule has 0 atom stereocenters. The van der Waals surface area contributed by atoms with Gasteiger partial charge in [0.05, 0.1) is 16.9 Å². The van der Waals surface area contributed by atoms with Crippen molar-refractivity contribution >= 4 is 29.0 Å². The van der Waals surface area contributed by atoms with E-state index in [1.54, 1.807) is 17.9 Å². The Kier molecular flexibility index (Phi) is 5.25. The van der Waals surface area contributed by atoms with Crippen LogP contribution in [0.2, 0.25) is 5.02 Å². The van der Waals surface area contributed by atoms with Crippen LogP contribution in [0.15, 0.2) is 24.3 Å². The first-order valence-corrected chi connectivity index (χ1v) is 10.6. The van der Waals surface area contributed by atoms with E-state index in [-0.39, 0.29) is 23.8 Å². The zero-order valence-corrected chi connectivity index (χ0v) is 18.4. The molecule has 8 heteroatoms. The van der Waals surface area contributed by atoms with Crippen LogP contribution in [0.1, 0.15) is 56.7 Å². The van der Waals surface area contributed by atoms with E-state index in [9.17, 15) is 19.7 Å². The number of fused-ring (bicyclic) bond motifs is 1. The summed E-state index contributed by atoms with van der Waals surface area (Å²) < 4.78 is 6.35. The lowest BCUT2D eigenvalue weighted by Gasteiger charge is -2.44. The number of rotatable bonds is 2. The van der Waals surface area contributed by atoms with E-state index in [1.807, 2.05) is 19.9 Å². The molecule has 0 bridgehead atoms. The maximum absolute atomic E-state index is 13.0. The Hall–Kier alpha value is -2.93. The molecule has 0 unspecified atom stereocenters. The standard InChI is InChI=1S/C23H23ClN2O5/c1-13-11-19-20(15(3)21(13)24)18(27)12-23(31-19)7-9-25(10-8-23)22(28)16-5-4-6-17(14(16)2)26(29)30/h4-6,11H,7-10,12H2,1-3H3. The number of benzene rings is 2. The average molecular weight is 443 g/mol. The van der Waals surface area contributed by atoms with Gasteiger partial charge in [0, 0.05) is 48.1 Å². The topological polar surface area (TPSA) is 89.8 Å². The molecule has 2 heterocycles. The lowest BCUT2D eigenvalue weighted by molar-refractivity contribution is -0.385. The SMILES string of the molecule is Cc1cc2c(c(C)c1Cl)C(=O)CC1(CCN(C(=O)c3cccc([N+](=O)[O-])c3C)CC1)O2. The zero-order valence-electron chi connectivity index (χ0n) is 17.7. The fourth-order valence-corrected chi connectivity index (χ4v) is 4.77. The molecule has 1 fully saturated rings. The van der Waals surface area contributed by atoms with E-state index >= 15 is 0 Å². The van der Waals surface area contributed by atoms with Crippen molar-refractivity contribution in [2.75, 3.05) is 13.1 Å². The maximum atomic E-state index is 13.0. The van der Waals surface area contributed by atoms with Crippen molar-refractivity contribution in [2.45, 2.75) is 45.6 Å². The molecule has 0 saturated carbocycles. The molecule has 162 valence electrons. The number of halogens is 1. The molecule has 2 aromatic rings. The third-order valence-electron chi connectivity index (χ3n) is 6.43. The second-order valence-electron chi connectivity index (χ2n) is 8.39. The van der Waals surface area contributed by atoms with Crippen LogP contribution in [0.4, 0.5) is 5.69 Å². The Morgan fingerprint density at radius 1 is 1.19 bits per heavy atom. The van der Waals surface area contributed by atoms with Crippen LogP contribution >= 0.6 is 11.6 Å². The van der Waals surface area contributed by atoms with Gasteiger partial charge in [-0.15, -0.1) is 0 Å². The first-order chi connectivity index (χ1) is 14.6. The van der Waals surface area contributed by atoms with Gasteiger partial charge in [0.25, 0.3) is 11.6 Å². The summed E-state index contributed by atoms with van der Waals surface area (Å²) in [5.74, 6) is 0.331. The van der Waals surface area contributed by atoms with Crippen molar-refractivity contribution in [3.8, 4) is 5.75 Å². The van der Waals surface area contributed by atoms with Crippen LogP contribution in [-0.4, -0.2) is 40.2 Å². The van der Waals surface area contributed by atoms with Gasteiger partial charge in [0.2, 0.25) is 0 Å². The third-order valence-corrected chi connectivity index (χ3v) is 7.01. The second kappa shape index (κ2) is 7.64. The van der Waals surface area contributed by atoms with E-state index in [1.165, 1.54) is 12.1 Å². The molecule has 0 aromatic heterocycles. The van der Waals surface area contributed by atoms with Crippen molar-refractivity contribution in [2.24, 2.45) is 0 Å². The number of ketones is 1. The average Bonchev–Trinajstić information content (AvgIpc) is 2.71. The maximum Gasteiger partial charge on any atom is 0.273 e. The van der Waals surface area contributed by atoms with Crippen LogP contribution < -0.4 is 4.74 Å². The van der Waals surface area contributed by atoms with E-state index in [2.05, 4.69) is 0 Å². The fraction of sp³-hybridized carbons (Fsp3) is 0.391. The van der Waals surface area contributed by atoms with Crippen LogP contribution in [0.5, 0.6) is 5.75 Å². The summed E-state index contributed by atoms with van der Waals surface area (Å²) in [6, 6.07) is 6.35. The molecule has 1 spiro atoms. The normalized spacial score (nSPS) is 17.3. The number of nitrogens with zero attached hydrogens (tertiary/aromatic N) is 2. The molecule has 2 aliphatic rings. The molecule has 2 aliphatic heterocycles.